The molecule has 0 radical (unpaired) electrons. The van der Waals surface area contributed by atoms with Gasteiger partial charge in [-0.25, -0.2) is 0 Å². The van der Waals surface area contributed by atoms with Gasteiger partial charge >= 0.3 is 0 Å². The Morgan fingerprint density at radius 1 is 1.32 bits per heavy atom. The number of hydrogen-bond donors (Lipinski definition) is 1. The van der Waals surface area contributed by atoms with Crippen LogP contribution in [0.5, 0.6) is 0 Å². The topological polar surface area (TPSA) is 62.6 Å². The minimum absolute atomic E-state index is 0.0128. The Labute approximate surface area is 152 Å². The summed E-state index contributed by atoms with van der Waals surface area (Å²) in [5.41, 5.74) is 0. The van der Waals surface area contributed by atoms with E-state index in [1.165, 1.54) is 11.8 Å². The van der Waals surface area contributed by atoms with E-state index >= 15 is 0 Å². The third-order valence-electron chi connectivity index (χ3n) is 4.58. The van der Waals surface area contributed by atoms with Crippen LogP contribution in [-0.2, 0) is 16.0 Å². The first-order chi connectivity index (χ1) is 12.0. The Hall–Kier alpha value is -2.08. The number of likely N-dealkylation sites (tertiary alicyclic amines) is 1. The number of carbonyl (C=O) groups excluding carboxylic acids is 2. The number of carbonyl (C=O) groups is 2. The molecule has 25 heavy (non-hydrogen) atoms. The van der Waals surface area contributed by atoms with Gasteiger partial charge in [0.2, 0.25) is 11.8 Å². The molecule has 2 aromatic rings. The molecular formula is C19H24N2O3S. The molecule has 0 bridgehead atoms. The van der Waals surface area contributed by atoms with Crippen molar-refractivity contribution in [2.75, 3.05) is 13.1 Å². The number of nitrogens with one attached hydrogen (secondary N) is 1. The van der Waals surface area contributed by atoms with Crippen LogP contribution in [0.1, 0.15) is 42.1 Å². The first kappa shape index (κ1) is 17.7. The lowest BCUT2D eigenvalue weighted by Gasteiger charge is -2.17. The van der Waals surface area contributed by atoms with E-state index in [2.05, 4.69) is 16.8 Å². The van der Waals surface area contributed by atoms with Crippen molar-refractivity contribution in [3.63, 3.8) is 0 Å². The van der Waals surface area contributed by atoms with Crippen molar-refractivity contribution in [3.8, 4) is 0 Å². The molecule has 6 heteroatoms. The number of amides is 2. The Bertz CT molecular complexity index is 723. The zero-order valence-corrected chi connectivity index (χ0v) is 15.5. The van der Waals surface area contributed by atoms with Crippen LogP contribution in [-0.4, -0.2) is 35.8 Å². The number of rotatable bonds is 6. The van der Waals surface area contributed by atoms with Gasteiger partial charge in [-0.2, -0.15) is 0 Å². The highest BCUT2D eigenvalue weighted by molar-refractivity contribution is 7.09. The Balaban J connectivity index is 1.59. The van der Waals surface area contributed by atoms with Crippen molar-refractivity contribution in [3.05, 3.63) is 46.0 Å². The second-order valence-electron chi connectivity index (χ2n) is 6.59. The summed E-state index contributed by atoms with van der Waals surface area (Å²) in [5.74, 6) is 1.77. The highest BCUT2D eigenvalue weighted by Gasteiger charge is 2.38. The minimum Gasteiger partial charge on any atom is -0.466 e. The van der Waals surface area contributed by atoms with Crippen LogP contribution in [0.4, 0.5) is 0 Å². The molecular weight excluding hydrogens is 336 g/mol. The van der Waals surface area contributed by atoms with Gasteiger partial charge in [0.25, 0.3) is 0 Å². The molecule has 0 aromatic carbocycles. The average molecular weight is 360 g/mol. The molecule has 1 aliphatic rings. The quantitative estimate of drug-likeness (QED) is 0.861. The fourth-order valence-corrected chi connectivity index (χ4v) is 4.13. The van der Waals surface area contributed by atoms with Crippen LogP contribution in [0.2, 0.25) is 0 Å². The predicted octanol–water partition coefficient (Wildman–Crippen LogP) is 3.10. The molecule has 1 aliphatic heterocycles. The molecule has 0 spiro atoms. The van der Waals surface area contributed by atoms with Crippen LogP contribution in [0, 0.1) is 6.92 Å². The molecule has 1 fully saturated rings. The summed E-state index contributed by atoms with van der Waals surface area (Å²) < 4.78 is 5.75. The average Bonchev–Trinajstić information content (AvgIpc) is 3.27. The molecule has 3 rings (SSSR count). The second kappa shape index (κ2) is 7.87. The van der Waals surface area contributed by atoms with Gasteiger partial charge in [0.1, 0.15) is 11.5 Å². The first-order valence-corrected chi connectivity index (χ1v) is 9.54. The fourth-order valence-electron chi connectivity index (χ4n) is 3.38. The summed E-state index contributed by atoms with van der Waals surface area (Å²) in [6, 6.07) is 7.92. The maximum absolute atomic E-state index is 12.6. The smallest absolute Gasteiger partial charge is 0.222 e. The van der Waals surface area contributed by atoms with Crippen LogP contribution < -0.4 is 5.32 Å². The van der Waals surface area contributed by atoms with Crippen molar-refractivity contribution >= 4 is 23.2 Å². The highest BCUT2D eigenvalue weighted by Crippen LogP contribution is 2.29. The summed E-state index contributed by atoms with van der Waals surface area (Å²) >= 11 is 1.73. The molecule has 2 atom stereocenters. The summed E-state index contributed by atoms with van der Waals surface area (Å²) in [6.45, 7) is 4.55. The molecule has 1 saturated heterocycles. The number of nitrogens with zero attached hydrogens (tertiary/aromatic N) is 1. The van der Waals surface area contributed by atoms with Crippen molar-refractivity contribution < 1.29 is 14.0 Å². The van der Waals surface area contributed by atoms with Crippen molar-refractivity contribution in [2.45, 2.75) is 45.1 Å². The number of furan rings is 1. The number of thiophene rings is 1. The zero-order chi connectivity index (χ0) is 17.8. The van der Waals surface area contributed by atoms with Crippen LogP contribution in [0.25, 0.3) is 0 Å². The molecule has 0 unspecified atom stereocenters. The van der Waals surface area contributed by atoms with Gasteiger partial charge < -0.3 is 14.6 Å². The third kappa shape index (κ3) is 4.51. The normalized spacial score (nSPS) is 20.0. The lowest BCUT2D eigenvalue weighted by Crippen LogP contribution is -2.39. The maximum atomic E-state index is 12.6. The lowest BCUT2D eigenvalue weighted by molar-refractivity contribution is -0.130. The van der Waals surface area contributed by atoms with E-state index in [-0.39, 0.29) is 23.8 Å². The van der Waals surface area contributed by atoms with Gasteiger partial charge in [0.15, 0.2) is 0 Å². The molecule has 3 heterocycles. The van der Waals surface area contributed by atoms with Gasteiger partial charge in [-0.3, -0.25) is 9.59 Å². The molecule has 2 aromatic heterocycles. The van der Waals surface area contributed by atoms with Gasteiger partial charge in [0.05, 0.1) is 12.0 Å². The van der Waals surface area contributed by atoms with Gasteiger partial charge in [-0.05, 0) is 43.3 Å². The summed E-state index contributed by atoms with van der Waals surface area (Å²) in [4.78, 5) is 27.3. The van der Waals surface area contributed by atoms with Crippen LogP contribution in [0.15, 0.2) is 34.1 Å². The van der Waals surface area contributed by atoms with Crippen molar-refractivity contribution in [1.29, 1.82) is 0 Å². The molecule has 0 aliphatic carbocycles. The zero-order valence-electron chi connectivity index (χ0n) is 14.7. The summed E-state index contributed by atoms with van der Waals surface area (Å²) in [7, 11) is 0. The van der Waals surface area contributed by atoms with Crippen LogP contribution >= 0.6 is 11.3 Å². The SMILES string of the molecule is CC(=O)N[C@@H]1CN(C(=O)CCCc2cccs2)C[C@H]1c1ccc(C)o1. The Kier molecular flexibility index (Phi) is 5.58. The summed E-state index contributed by atoms with van der Waals surface area (Å²) in [5, 5.41) is 5.03. The van der Waals surface area contributed by atoms with E-state index in [4.69, 9.17) is 4.42 Å². The minimum atomic E-state index is -0.0932. The van der Waals surface area contributed by atoms with E-state index in [0.29, 0.717) is 19.5 Å². The lowest BCUT2D eigenvalue weighted by atomic mass is 10.0. The third-order valence-corrected chi connectivity index (χ3v) is 5.52. The van der Waals surface area contributed by atoms with Crippen LogP contribution in [0.3, 0.4) is 0 Å². The Morgan fingerprint density at radius 2 is 2.16 bits per heavy atom. The van der Waals surface area contributed by atoms with E-state index < -0.39 is 0 Å². The van der Waals surface area contributed by atoms with Crippen molar-refractivity contribution in [1.82, 2.24) is 10.2 Å². The number of aryl methyl sites for hydroxylation is 2. The predicted molar refractivity (Wildman–Crippen MR) is 97.6 cm³/mol. The molecule has 0 saturated carbocycles. The molecule has 134 valence electrons. The van der Waals surface area contributed by atoms with E-state index in [9.17, 15) is 9.59 Å². The van der Waals surface area contributed by atoms with Gasteiger partial charge in [-0.15, -0.1) is 11.3 Å². The van der Waals surface area contributed by atoms with Crippen molar-refractivity contribution in [2.24, 2.45) is 0 Å². The molecule has 5 nitrogen and oxygen atoms in total. The summed E-state index contributed by atoms with van der Waals surface area (Å²) in [6.07, 6.45) is 2.33. The van der Waals surface area contributed by atoms with Gasteiger partial charge in [-0.1, -0.05) is 6.07 Å². The van der Waals surface area contributed by atoms with E-state index in [1.807, 2.05) is 30.0 Å². The first-order valence-electron chi connectivity index (χ1n) is 8.66. The largest absolute Gasteiger partial charge is 0.466 e. The standard InChI is InChI=1S/C19H24N2O3S/c1-13-8-9-18(24-13)16-11-21(12-17(16)20-14(2)22)19(23)7-3-5-15-6-4-10-25-15/h4,6,8-10,16-17H,3,5,7,11-12H2,1-2H3,(H,20,22)/t16-,17-/m1/s1. The molecule has 2 amide bonds. The Morgan fingerprint density at radius 3 is 2.80 bits per heavy atom. The monoisotopic (exact) mass is 360 g/mol. The fraction of sp³-hybridized carbons (Fsp3) is 0.474. The van der Waals surface area contributed by atoms with Gasteiger partial charge in [0, 0.05) is 31.3 Å². The number of hydrogen-bond acceptors (Lipinski definition) is 4. The van der Waals surface area contributed by atoms with E-state index in [1.54, 1.807) is 11.3 Å². The highest BCUT2D eigenvalue weighted by atomic mass is 32.1. The maximum Gasteiger partial charge on any atom is 0.222 e. The molecule has 1 N–H and O–H groups in total. The van der Waals surface area contributed by atoms with E-state index in [0.717, 1.165) is 24.4 Å². The second-order valence-corrected chi connectivity index (χ2v) is 7.63.